The summed E-state index contributed by atoms with van der Waals surface area (Å²) >= 11 is 6.08. The van der Waals surface area contributed by atoms with Gasteiger partial charge >= 0.3 is 0 Å². The lowest BCUT2D eigenvalue weighted by molar-refractivity contribution is 0.355. The average Bonchev–Trinajstić information content (AvgIpc) is 2.79. The number of ether oxygens (including phenoxy) is 2. The van der Waals surface area contributed by atoms with Gasteiger partial charge in [0, 0.05) is 5.56 Å². The first-order valence-electron chi connectivity index (χ1n) is 5.36. The molecule has 0 amide bonds. The van der Waals surface area contributed by atoms with E-state index in [2.05, 4.69) is 9.97 Å². The Bertz CT molecular complexity index is 554. The smallest absolute Gasteiger partial charge is 0.161 e. The second kappa shape index (κ2) is 5.29. The van der Waals surface area contributed by atoms with Gasteiger partial charge < -0.3 is 20.2 Å². The number of H-pyrrole nitrogens is 1. The quantitative estimate of drug-likeness (QED) is 0.891. The minimum absolute atomic E-state index is 0.313. The molecule has 18 heavy (non-hydrogen) atoms. The highest BCUT2D eigenvalue weighted by Gasteiger charge is 2.12. The van der Waals surface area contributed by atoms with E-state index in [9.17, 15) is 0 Å². The van der Waals surface area contributed by atoms with E-state index in [1.807, 2.05) is 12.1 Å². The second-order valence-electron chi connectivity index (χ2n) is 3.62. The summed E-state index contributed by atoms with van der Waals surface area (Å²) in [4.78, 5) is 7.24. The minimum atomic E-state index is 0.313. The molecule has 1 aromatic heterocycles. The van der Waals surface area contributed by atoms with Crippen molar-refractivity contribution in [1.82, 2.24) is 9.97 Å². The number of methoxy groups -OCH3 is 2. The Morgan fingerprint density at radius 2 is 2.00 bits per heavy atom. The summed E-state index contributed by atoms with van der Waals surface area (Å²) in [6.07, 6.45) is 0. The highest BCUT2D eigenvalue weighted by Crippen LogP contribution is 2.34. The summed E-state index contributed by atoms with van der Waals surface area (Å²) in [6, 6.07) is 5.49. The van der Waals surface area contributed by atoms with Crippen molar-refractivity contribution in [2.45, 2.75) is 6.54 Å². The zero-order chi connectivity index (χ0) is 13.1. The van der Waals surface area contributed by atoms with Crippen molar-refractivity contribution < 1.29 is 9.47 Å². The molecule has 0 saturated carbocycles. The Kier molecular flexibility index (Phi) is 3.74. The number of hydrogen-bond acceptors (Lipinski definition) is 4. The molecule has 2 rings (SSSR count). The second-order valence-corrected chi connectivity index (χ2v) is 4.00. The third kappa shape index (κ3) is 2.27. The molecule has 0 spiro atoms. The number of nitrogens with zero attached hydrogens (tertiary/aromatic N) is 1. The minimum Gasteiger partial charge on any atom is -0.493 e. The van der Waals surface area contributed by atoms with Gasteiger partial charge in [-0.15, -0.1) is 0 Å². The van der Waals surface area contributed by atoms with Crippen molar-refractivity contribution in [3.8, 4) is 22.8 Å². The molecule has 0 radical (unpaired) electrons. The molecule has 0 atom stereocenters. The number of aromatic nitrogens is 2. The Hall–Kier alpha value is -1.72. The number of nitrogens with one attached hydrogen (secondary N) is 1. The van der Waals surface area contributed by atoms with Crippen molar-refractivity contribution in [3.63, 3.8) is 0 Å². The molecule has 2 aromatic rings. The molecule has 0 aliphatic heterocycles. The van der Waals surface area contributed by atoms with Crippen LogP contribution in [0.15, 0.2) is 18.2 Å². The fraction of sp³-hybridized carbons (Fsp3) is 0.250. The van der Waals surface area contributed by atoms with Gasteiger partial charge in [-0.25, -0.2) is 4.98 Å². The summed E-state index contributed by atoms with van der Waals surface area (Å²) in [5.74, 6) is 1.93. The van der Waals surface area contributed by atoms with Gasteiger partial charge in [0.25, 0.3) is 0 Å². The normalized spacial score (nSPS) is 10.4. The van der Waals surface area contributed by atoms with Gasteiger partial charge in [-0.3, -0.25) is 0 Å². The van der Waals surface area contributed by atoms with Crippen molar-refractivity contribution in [2.75, 3.05) is 14.2 Å². The molecule has 0 saturated heterocycles. The van der Waals surface area contributed by atoms with Crippen molar-refractivity contribution in [3.05, 3.63) is 29.2 Å². The SMILES string of the molecule is COc1ccc(-c2nc(CN)[nH]c2Cl)cc1OC. The molecular formula is C12H14ClN3O2. The van der Waals surface area contributed by atoms with Gasteiger partial charge in [0.05, 0.1) is 20.8 Å². The number of hydrogen-bond donors (Lipinski definition) is 2. The van der Waals surface area contributed by atoms with Crippen LogP contribution in [-0.2, 0) is 6.54 Å². The largest absolute Gasteiger partial charge is 0.493 e. The van der Waals surface area contributed by atoms with E-state index in [1.165, 1.54) is 0 Å². The fourth-order valence-corrected chi connectivity index (χ4v) is 1.93. The molecular weight excluding hydrogens is 254 g/mol. The van der Waals surface area contributed by atoms with Crippen LogP contribution in [0.5, 0.6) is 11.5 Å². The van der Waals surface area contributed by atoms with Crippen LogP contribution in [0.25, 0.3) is 11.3 Å². The van der Waals surface area contributed by atoms with Crippen molar-refractivity contribution >= 4 is 11.6 Å². The molecule has 96 valence electrons. The van der Waals surface area contributed by atoms with E-state index in [0.717, 1.165) is 5.56 Å². The first-order valence-corrected chi connectivity index (χ1v) is 5.74. The number of imidazole rings is 1. The summed E-state index contributed by atoms with van der Waals surface area (Å²) < 4.78 is 10.4. The summed E-state index contributed by atoms with van der Waals surface area (Å²) in [6.45, 7) is 0.313. The number of rotatable bonds is 4. The van der Waals surface area contributed by atoms with Crippen molar-refractivity contribution in [1.29, 1.82) is 0 Å². The lowest BCUT2D eigenvalue weighted by Gasteiger charge is -2.08. The molecule has 0 fully saturated rings. The lowest BCUT2D eigenvalue weighted by Crippen LogP contribution is -1.97. The molecule has 0 unspecified atom stereocenters. The van der Waals surface area contributed by atoms with E-state index in [1.54, 1.807) is 20.3 Å². The van der Waals surface area contributed by atoms with Crippen LogP contribution in [0.2, 0.25) is 5.15 Å². The molecule has 5 nitrogen and oxygen atoms in total. The Morgan fingerprint density at radius 3 is 2.56 bits per heavy atom. The zero-order valence-electron chi connectivity index (χ0n) is 10.2. The molecule has 0 aliphatic rings. The van der Waals surface area contributed by atoms with Crippen LogP contribution in [0.1, 0.15) is 5.82 Å². The van der Waals surface area contributed by atoms with E-state index < -0.39 is 0 Å². The Balaban J connectivity index is 2.47. The number of benzene rings is 1. The molecule has 1 aromatic carbocycles. The molecule has 0 aliphatic carbocycles. The van der Waals surface area contributed by atoms with E-state index in [-0.39, 0.29) is 0 Å². The number of halogens is 1. The van der Waals surface area contributed by atoms with E-state index in [0.29, 0.717) is 34.7 Å². The monoisotopic (exact) mass is 267 g/mol. The maximum atomic E-state index is 6.08. The number of aromatic amines is 1. The molecule has 3 N–H and O–H groups in total. The van der Waals surface area contributed by atoms with E-state index in [4.69, 9.17) is 26.8 Å². The highest BCUT2D eigenvalue weighted by molar-refractivity contribution is 6.31. The van der Waals surface area contributed by atoms with Crippen LogP contribution in [0, 0.1) is 0 Å². The molecule has 6 heteroatoms. The Morgan fingerprint density at radius 1 is 1.28 bits per heavy atom. The van der Waals surface area contributed by atoms with Crippen LogP contribution in [0.4, 0.5) is 0 Å². The van der Waals surface area contributed by atoms with E-state index >= 15 is 0 Å². The molecule has 0 bridgehead atoms. The predicted molar refractivity (Wildman–Crippen MR) is 70.0 cm³/mol. The molecule has 1 heterocycles. The number of nitrogens with two attached hydrogens (primary N) is 1. The average molecular weight is 268 g/mol. The van der Waals surface area contributed by atoms with Gasteiger partial charge in [0.2, 0.25) is 0 Å². The van der Waals surface area contributed by atoms with Gasteiger partial charge in [-0.2, -0.15) is 0 Å². The summed E-state index contributed by atoms with van der Waals surface area (Å²) in [5, 5.41) is 0.461. The van der Waals surface area contributed by atoms with Crippen LogP contribution in [0.3, 0.4) is 0 Å². The third-order valence-corrected chi connectivity index (χ3v) is 2.83. The first kappa shape index (κ1) is 12.7. The first-order chi connectivity index (χ1) is 8.69. The third-order valence-electron chi connectivity index (χ3n) is 2.56. The van der Waals surface area contributed by atoms with Crippen LogP contribution in [-0.4, -0.2) is 24.2 Å². The van der Waals surface area contributed by atoms with Gasteiger partial charge in [-0.05, 0) is 18.2 Å². The summed E-state index contributed by atoms with van der Waals surface area (Å²) in [7, 11) is 3.17. The highest BCUT2D eigenvalue weighted by atomic mass is 35.5. The van der Waals surface area contributed by atoms with Crippen molar-refractivity contribution in [2.24, 2.45) is 5.73 Å². The maximum absolute atomic E-state index is 6.08. The lowest BCUT2D eigenvalue weighted by atomic mass is 10.1. The standard InChI is InChI=1S/C12H14ClN3O2/c1-17-8-4-3-7(5-9(8)18-2)11-12(13)16-10(6-14)15-11/h3-5H,6,14H2,1-2H3,(H,15,16). The predicted octanol–water partition coefficient (Wildman–Crippen LogP) is 2.21. The van der Waals surface area contributed by atoms with Gasteiger partial charge in [0.15, 0.2) is 11.5 Å². The topological polar surface area (TPSA) is 73.2 Å². The van der Waals surface area contributed by atoms with Gasteiger partial charge in [-0.1, -0.05) is 11.6 Å². The zero-order valence-corrected chi connectivity index (χ0v) is 10.9. The summed E-state index contributed by atoms with van der Waals surface area (Å²) in [5.41, 5.74) is 7.01. The van der Waals surface area contributed by atoms with Crippen LogP contribution >= 0.6 is 11.6 Å². The van der Waals surface area contributed by atoms with Crippen LogP contribution < -0.4 is 15.2 Å². The Labute approximate surface area is 110 Å². The fourth-order valence-electron chi connectivity index (χ4n) is 1.67. The maximum Gasteiger partial charge on any atom is 0.161 e. The van der Waals surface area contributed by atoms with Gasteiger partial charge in [0.1, 0.15) is 16.7 Å².